The van der Waals surface area contributed by atoms with Crippen LogP contribution in [0, 0.1) is 0 Å². The molecule has 1 fully saturated rings. The van der Waals surface area contributed by atoms with Gasteiger partial charge in [-0.15, -0.1) is 0 Å². The van der Waals surface area contributed by atoms with Crippen molar-refractivity contribution in [1.29, 1.82) is 0 Å². The Morgan fingerprint density at radius 2 is 2.00 bits per heavy atom. The number of halogens is 1. The number of hydrogen-bond donors (Lipinski definition) is 2. The molecule has 1 unspecified atom stereocenters. The molecule has 0 bridgehead atoms. The highest BCUT2D eigenvalue weighted by molar-refractivity contribution is 6.31. The Bertz CT molecular complexity index is 714. The molecule has 1 atom stereocenters. The van der Waals surface area contributed by atoms with Crippen molar-refractivity contribution in [2.45, 2.75) is 32.2 Å². The normalized spacial score (nSPS) is 21.2. The number of nitrogens with zero attached hydrogens (tertiary/aromatic N) is 1. The maximum absolute atomic E-state index is 12.7. The smallest absolute Gasteiger partial charge is 0.338 e. The second-order valence-corrected chi connectivity index (χ2v) is 6.91. The van der Waals surface area contributed by atoms with Crippen molar-refractivity contribution < 1.29 is 14.3 Å². The SMILES string of the molecule is CCOC(=O)C1=C(CN2CCCCC2)NC(=O)NC1c1ccccc1Cl. The highest BCUT2D eigenvalue weighted by Crippen LogP contribution is 2.32. The summed E-state index contributed by atoms with van der Waals surface area (Å²) in [4.78, 5) is 27.2. The first-order valence-electron chi connectivity index (χ1n) is 9.04. The first kappa shape index (κ1) is 18.7. The van der Waals surface area contributed by atoms with Gasteiger partial charge in [-0.25, -0.2) is 9.59 Å². The maximum Gasteiger partial charge on any atom is 0.338 e. The molecule has 3 rings (SSSR count). The van der Waals surface area contributed by atoms with Gasteiger partial charge in [-0.3, -0.25) is 4.90 Å². The van der Waals surface area contributed by atoms with Crippen LogP contribution in [0.2, 0.25) is 5.02 Å². The van der Waals surface area contributed by atoms with E-state index in [0.717, 1.165) is 25.9 Å². The third-order valence-electron chi connectivity index (χ3n) is 4.70. The van der Waals surface area contributed by atoms with Crippen molar-refractivity contribution >= 4 is 23.6 Å². The number of esters is 1. The molecule has 1 aromatic carbocycles. The predicted octanol–water partition coefficient (Wildman–Crippen LogP) is 3.00. The number of carbonyl (C=O) groups excluding carboxylic acids is 2. The predicted molar refractivity (Wildman–Crippen MR) is 99.8 cm³/mol. The zero-order valence-corrected chi connectivity index (χ0v) is 15.6. The molecule has 0 aromatic heterocycles. The molecule has 26 heavy (non-hydrogen) atoms. The van der Waals surface area contributed by atoms with Gasteiger partial charge in [0.2, 0.25) is 0 Å². The molecule has 7 heteroatoms. The Labute approximate surface area is 158 Å². The number of piperidine rings is 1. The van der Waals surface area contributed by atoms with E-state index in [0.29, 0.717) is 28.4 Å². The Morgan fingerprint density at radius 1 is 1.27 bits per heavy atom. The minimum absolute atomic E-state index is 0.266. The molecule has 6 nitrogen and oxygen atoms in total. The standard InChI is InChI=1S/C19H24ClN3O3/c1-2-26-18(24)16-15(12-23-10-6-3-7-11-23)21-19(25)22-17(16)13-8-4-5-9-14(13)20/h4-5,8-9,17H,2-3,6-7,10-12H2,1H3,(H2,21,22,25). The summed E-state index contributed by atoms with van der Waals surface area (Å²) in [5, 5.41) is 6.13. The van der Waals surface area contributed by atoms with Crippen LogP contribution in [-0.4, -0.2) is 43.1 Å². The van der Waals surface area contributed by atoms with Crippen molar-refractivity contribution in [2.75, 3.05) is 26.2 Å². The van der Waals surface area contributed by atoms with Gasteiger partial charge in [0.05, 0.1) is 18.2 Å². The van der Waals surface area contributed by atoms with E-state index in [-0.39, 0.29) is 12.6 Å². The Balaban J connectivity index is 2.00. The van der Waals surface area contributed by atoms with Gasteiger partial charge in [0.15, 0.2) is 0 Å². The highest BCUT2D eigenvalue weighted by Gasteiger charge is 2.35. The molecule has 2 heterocycles. The number of likely N-dealkylation sites (tertiary alicyclic amines) is 1. The number of urea groups is 1. The van der Waals surface area contributed by atoms with Gasteiger partial charge in [0.25, 0.3) is 0 Å². The number of nitrogens with one attached hydrogen (secondary N) is 2. The van der Waals surface area contributed by atoms with E-state index >= 15 is 0 Å². The summed E-state index contributed by atoms with van der Waals surface area (Å²) < 4.78 is 5.28. The molecular weight excluding hydrogens is 354 g/mol. The average molecular weight is 378 g/mol. The summed E-state index contributed by atoms with van der Waals surface area (Å²) >= 11 is 6.34. The van der Waals surface area contributed by atoms with Crippen LogP contribution < -0.4 is 10.6 Å². The lowest BCUT2D eigenvalue weighted by Gasteiger charge is -2.33. The van der Waals surface area contributed by atoms with Gasteiger partial charge in [-0.2, -0.15) is 0 Å². The fourth-order valence-electron chi connectivity index (χ4n) is 3.48. The first-order valence-corrected chi connectivity index (χ1v) is 9.42. The quantitative estimate of drug-likeness (QED) is 0.774. The fourth-order valence-corrected chi connectivity index (χ4v) is 3.72. The number of rotatable bonds is 5. The van der Waals surface area contributed by atoms with Crippen molar-refractivity contribution in [1.82, 2.24) is 15.5 Å². The number of hydrogen-bond acceptors (Lipinski definition) is 4. The van der Waals surface area contributed by atoms with Crippen LogP contribution in [0.5, 0.6) is 0 Å². The lowest BCUT2D eigenvalue weighted by atomic mass is 9.94. The van der Waals surface area contributed by atoms with E-state index in [9.17, 15) is 9.59 Å². The molecule has 1 aromatic rings. The molecule has 140 valence electrons. The first-order chi connectivity index (χ1) is 12.6. The van der Waals surface area contributed by atoms with Gasteiger partial charge in [-0.1, -0.05) is 36.2 Å². The van der Waals surface area contributed by atoms with E-state index in [4.69, 9.17) is 16.3 Å². The minimum atomic E-state index is -0.628. The lowest BCUT2D eigenvalue weighted by Crippen LogP contribution is -2.49. The van der Waals surface area contributed by atoms with E-state index in [1.807, 2.05) is 18.2 Å². The zero-order chi connectivity index (χ0) is 18.5. The second kappa shape index (κ2) is 8.56. The molecule has 1 saturated heterocycles. The summed E-state index contributed by atoms with van der Waals surface area (Å²) in [5.74, 6) is -0.433. The van der Waals surface area contributed by atoms with E-state index in [1.165, 1.54) is 6.42 Å². The Hall–Kier alpha value is -2.05. The molecule has 0 saturated carbocycles. The van der Waals surface area contributed by atoms with Crippen LogP contribution in [-0.2, 0) is 9.53 Å². The van der Waals surface area contributed by atoms with Crippen molar-refractivity contribution in [3.05, 3.63) is 46.1 Å². The number of carbonyl (C=O) groups is 2. The topological polar surface area (TPSA) is 70.7 Å². The second-order valence-electron chi connectivity index (χ2n) is 6.50. The van der Waals surface area contributed by atoms with Crippen LogP contribution in [0.3, 0.4) is 0 Å². The number of ether oxygens (including phenoxy) is 1. The molecule has 2 N–H and O–H groups in total. The number of benzene rings is 1. The van der Waals surface area contributed by atoms with Gasteiger partial charge in [-0.05, 0) is 44.5 Å². The van der Waals surface area contributed by atoms with Gasteiger partial charge >= 0.3 is 12.0 Å². The Morgan fingerprint density at radius 3 is 2.69 bits per heavy atom. The van der Waals surface area contributed by atoms with Crippen LogP contribution in [0.4, 0.5) is 4.79 Å². The zero-order valence-electron chi connectivity index (χ0n) is 14.9. The lowest BCUT2D eigenvalue weighted by molar-refractivity contribution is -0.139. The average Bonchev–Trinajstić information content (AvgIpc) is 2.62. The summed E-state index contributed by atoms with van der Waals surface area (Å²) in [6.45, 7) is 4.46. The van der Waals surface area contributed by atoms with Crippen LogP contribution in [0.25, 0.3) is 0 Å². The summed E-state index contributed by atoms with van der Waals surface area (Å²) in [7, 11) is 0. The molecule has 0 spiro atoms. The molecule has 2 aliphatic rings. The van der Waals surface area contributed by atoms with E-state index in [2.05, 4.69) is 15.5 Å². The number of amides is 2. The van der Waals surface area contributed by atoms with Crippen LogP contribution in [0.1, 0.15) is 37.8 Å². The van der Waals surface area contributed by atoms with E-state index < -0.39 is 12.0 Å². The summed E-state index contributed by atoms with van der Waals surface area (Å²) in [5.41, 5.74) is 1.70. The van der Waals surface area contributed by atoms with Crippen molar-refractivity contribution in [2.24, 2.45) is 0 Å². The van der Waals surface area contributed by atoms with Crippen LogP contribution >= 0.6 is 11.6 Å². The van der Waals surface area contributed by atoms with Crippen LogP contribution in [0.15, 0.2) is 35.5 Å². The van der Waals surface area contributed by atoms with Gasteiger partial charge < -0.3 is 15.4 Å². The molecule has 2 aliphatic heterocycles. The largest absolute Gasteiger partial charge is 0.463 e. The summed E-state index contributed by atoms with van der Waals surface area (Å²) in [6, 6.07) is 6.25. The monoisotopic (exact) mass is 377 g/mol. The summed E-state index contributed by atoms with van der Waals surface area (Å²) in [6.07, 6.45) is 3.47. The Kier molecular flexibility index (Phi) is 6.16. The third kappa shape index (κ3) is 4.19. The molecule has 2 amide bonds. The molecular formula is C19H24ClN3O3. The van der Waals surface area contributed by atoms with Crippen molar-refractivity contribution in [3.8, 4) is 0 Å². The minimum Gasteiger partial charge on any atom is -0.463 e. The van der Waals surface area contributed by atoms with Crippen molar-refractivity contribution in [3.63, 3.8) is 0 Å². The van der Waals surface area contributed by atoms with Gasteiger partial charge in [0, 0.05) is 17.3 Å². The molecule has 0 aliphatic carbocycles. The van der Waals surface area contributed by atoms with E-state index in [1.54, 1.807) is 13.0 Å². The molecule has 0 radical (unpaired) electrons. The fraction of sp³-hybridized carbons (Fsp3) is 0.474. The van der Waals surface area contributed by atoms with Gasteiger partial charge in [0.1, 0.15) is 0 Å². The highest BCUT2D eigenvalue weighted by atomic mass is 35.5. The third-order valence-corrected chi connectivity index (χ3v) is 5.04. The maximum atomic E-state index is 12.7.